The fourth-order valence-electron chi connectivity index (χ4n) is 2.67. The van der Waals surface area contributed by atoms with Gasteiger partial charge in [-0.25, -0.2) is 4.79 Å². The Hall–Kier alpha value is -1.91. The van der Waals surface area contributed by atoms with Crippen LogP contribution in [0.1, 0.15) is 68.6 Å². The number of phenolic OH excluding ortho intramolecular Hbond substituents is 1. The van der Waals surface area contributed by atoms with Crippen molar-refractivity contribution in [3.05, 3.63) is 16.7 Å². The summed E-state index contributed by atoms with van der Waals surface area (Å²) in [5.41, 5.74) is 2.27. The first kappa shape index (κ1) is 20.1. The number of ether oxygens (including phenoxy) is 2. The van der Waals surface area contributed by atoms with Gasteiger partial charge in [-0.15, -0.1) is 0 Å². The van der Waals surface area contributed by atoms with Crippen LogP contribution in [-0.4, -0.2) is 23.0 Å². The highest BCUT2D eigenvalue weighted by Gasteiger charge is 2.22. The van der Waals surface area contributed by atoms with Gasteiger partial charge in [-0.05, 0) is 43.9 Å². The Morgan fingerprint density at radius 3 is 2.04 bits per heavy atom. The van der Waals surface area contributed by atoms with Crippen LogP contribution in [0.2, 0.25) is 0 Å². The molecule has 0 unspecified atom stereocenters. The van der Waals surface area contributed by atoms with Gasteiger partial charge in [-0.3, -0.25) is 0 Å². The van der Waals surface area contributed by atoms with Crippen LogP contribution in [0, 0.1) is 20.8 Å². The van der Waals surface area contributed by atoms with E-state index >= 15 is 0 Å². The summed E-state index contributed by atoms with van der Waals surface area (Å²) in [5, 5.41) is 19.1. The third kappa shape index (κ3) is 5.62. The first-order chi connectivity index (χ1) is 11.4. The van der Waals surface area contributed by atoms with Gasteiger partial charge in [0.25, 0.3) is 0 Å². The van der Waals surface area contributed by atoms with Crippen LogP contribution in [0.5, 0.6) is 17.2 Å². The molecule has 5 heteroatoms. The summed E-state index contributed by atoms with van der Waals surface area (Å²) in [6, 6.07) is 0. The molecule has 1 rings (SSSR count). The quantitative estimate of drug-likeness (QED) is 0.334. The van der Waals surface area contributed by atoms with E-state index in [0.717, 1.165) is 24.0 Å². The van der Waals surface area contributed by atoms with Crippen LogP contribution in [-0.2, 0) is 0 Å². The van der Waals surface area contributed by atoms with Gasteiger partial charge >= 0.3 is 6.16 Å². The maximum Gasteiger partial charge on any atom is 0.511 e. The van der Waals surface area contributed by atoms with Crippen LogP contribution < -0.4 is 9.47 Å². The zero-order chi connectivity index (χ0) is 18.1. The number of phenols is 1. The van der Waals surface area contributed by atoms with Crippen molar-refractivity contribution in [1.82, 2.24) is 0 Å². The Labute approximate surface area is 144 Å². The van der Waals surface area contributed by atoms with Gasteiger partial charge in [-0.1, -0.05) is 45.4 Å². The van der Waals surface area contributed by atoms with Crippen LogP contribution in [0.25, 0.3) is 0 Å². The molecule has 0 radical (unpaired) electrons. The lowest BCUT2D eigenvalue weighted by Crippen LogP contribution is -2.09. The SMILES string of the molecule is CCCCCCCCCOc1c(C)c(C)c(C)c(O)c1OC(=O)O. The van der Waals surface area contributed by atoms with E-state index < -0.39 is 6.16 Å². The van der Waals surface area contributed by atoms with Gasteiger partial charge in [0.2, 0.25) is 5.75 Å². The molecule has 2 N–H and O–H groups in total. The van der Waals surface area contributed by atoms with Gasteiger partial charge < -0.3 is 19.7 Å². The molecule has 0 saturated heterocycles. The first-order valence-corrected chi connectivity index (χ1v) is 8.76. The molecule has 0 heterocycles. The minimum absolute atomic E-state index is 0.106. The van der Waals surface area contributed by atoms with Gasteiger partial charge in [0.15, 0.2) is 11.5 Å². The highest BCUT2D eigenvalue weighted by Crippen LogP contribution is 2.44. The summed E-state index contributed by atoms with van der Waals surface area (Å²) in [7, 11) is 0. The van der Waals surface area contributed by atoms with Crippen LogP contribution in [0.4, 0.5) is 4.79 Å². The van der Waals surface area contributed by atoms with Crippen molar-refractivity contribution in [1.29, 1.82) is 0 Å². The zero-order valence-corrected chi connectivity index (χ0v) is 15.3. The van der Waals surface area contributed by atoms with Crippen molar-refractivity contribution < 1.29 is 24.5 Å². The molecule has 136 valence electrons. The smallest absolute Gasteiger partial charge is 0.504 e. The standard InChI is InChI=1S/C19H30O5/c1-5-6-7-8-9-10-11-12-23-17-15(4)13(2)14(3)16(20)18(17)24-19(21)22/h20H,5-12H2,1-4H3,(H,21,22). The predicted molar refractivity (Wildman–Crippen MR) is 94.5 cm³/mol. The molecule has 0 aliphatic carbocycles. The van der Waals surface area contributed by atoms with E-state index in [9.17, 15) is 9.90 Å². The molecule has 5 nitrogen and oxygen atoms in total. The van der Waals surface area contributed by atoms with Gasteiger partial charge in [0.05, 0.1) is 6.61 Å². The summed E-state index contributed by atoms with van der Waals surface area (Å²) in [6.07, 6.45) is 6.73. The maximum absolute atomic E-state index is 10.9. The Balaban J connectivity index is 2.67. The van der Waals surface area contributed by atoms with E-state index in [2.05, 4.69) is 6.92 Å². The van der Waals surface area contributed by atoms with Crippen molar-refractivity contribution in [2.24, 2.45) is 0 Å². The molecule has 0 aliphatic heterocycles. The number of rotatable bonds is 10. The topological polar surface area (TPSA) is 76.0 Å². The van der Waals surface area contributed by atoms with Crippen molar-refractivity contribution in [2.45, 2.75) is 72.6 Å². The molecule has 0 fully saturated rings. The van der Waals surface area contributed by atoms with Gasteiger partial charge in [0.1, 0.15) is 0 Å². The van der Waals surface area contributed by atoms with Crippen molar-refractivity contribution in [3.8, 4) is 17.2 Å². The first-order valence-electron chi connectivity index (χ1n) is 8.76. The molecule has 24 heavy (non-hydrogen) atoms. The highest BCUT2D eigenvalue weighted by atomic mass is 16.7. The van der Waals surface area contributed by atoms with E-state index in [0.29, 0.717) is 17.9 Å². The zero-order valence-electron chi connectivity index (χ0n) is 15.3. The van der Waals surface area contributed by atoms with E-state index in [4.69, 9.17) is 14.6 Å². The molecule has 0 spiro atoms. The summed E-state index contributed by atoms with van der Waals surface area (Å²) in [4.78, 5) is 10.9. The second kappa shape index (κ2) is 10.1. The molecule has 0 aliphatic rings. The molecule has 0 atom stereocenters. The highest BCUT2D eigenvalue weighted by molar-refractivity contribution is 5.69. The van der Waals surface area contributed by atoms with Crippen molar-refractivity contribution in [2.75, 3.05) is 6.61 Å². The minimum Gasteiger partial charge on any atom is -0.504 e. The predicted octanol–water partition coefficient (Wildman–Crippen LogP) is 5.50. The Kier molecular flexibility index (Phi) is 8.44. The second-order valence-electron chi connectivity index (χ2n) is 6.22. The molecule has 0 saturated carbocycles. The van der Waals surface area contributed by atoms with E-state index in [1.165, 1.54) is 32.1 Å². The summed E-state index contributed by atoms with van der Waals surface area (Å²) in [6.45, 7) is 8.12. The van der Waals surface area contributed by atoms with E-state index in [-0.39, 0.29) is 11.5 Å². The largest absolute Gasteiger partial charge is 0.511 e. The Bertz CT molecular complexity index is 551. The minimum atomic E-state index is -1.46. The summed E-state index contributed by atoms with van der Waals surface area (Å²) in [5.74, 6) is 0.0464. The Morgan fingerprint density at radius 2 is 1.46 bits per heavy atom. The lowest BCUT2D eigenvalue weighted by Gasteiger charge is -2.18. The number of hydrogen-bond donors (Lipinski definition) is 2. The second-order valence-corrected chi connectivity index (χ2v) is 6.22. The molecule has 1 aromatic rings. The molecule has 0 aromatic heterocycles. The normalized spacial score (nSPS) is 10.7. The van der Waals surface area contributed by atoms with Gasteiger partial charge in [0, 0.05) is 0 Å². The van der Waals surface area contributed by atoms with Gasteiger partial charge in [-0.2, -0.15) is 0 Å². The number of carboxylic acid groups (broad SMARTS) is 1. The number of hydrogen-bond acceptors (Lipinski definition) is 4. The monoisotopic (exact) mass is 338 g/mol. The lowest BCUT2D eigenvalue weighted by molar-refractivity contribution is 0.140. The molecular weight excluding hydrogens is 308 g/mol. The lowest BCUT2D eigenvalue weighted by atomic mass is 10.0. The summed E-state index contributed by atoms with van der Waals surface area (Å²) >= 11 is 0. The number of aromatic hydroxyl groups is 1. The van der Waals surface area contributed by atoms with Crippen LogP contribution in [0.15, 0.2) is 0 Å². The molecule has 0 bridgehead atoms. The summed E-state index contributed by atoms with van der Waals surface area (Å²) < 4.78 is 10.5. The molecular formula is C19H30O5. The van der Waals surface area contributed by atoms with E-state index in [1.807, 2.05) is 13.8 Å². The maximum atomic E-state index is 10.9. The fourth-order valence-corrected chi connectivity index (χ4v) is 2.67. The van der Waals surface area contributed by atoms with Crippen LogP contribution in [0.3, 0.4) is 0 Å². The average Bonchev–Trinajstić information content (AvgIpc) is 2.55. The molecule has 1 aromatic carbocycles. The Morgan fingerprint density at radius 1 is 0.875 bits per heavy atom. The third-order valence-electron chi connectivity index (χ3n) is 4.43. The number of benzene rings is 1. The number of carbonyl (C=O) groups is 1. The van der Waals surface area contributed by atoms with Crippen molar-refractivity contribution >= 4 is 6.16 Å². The third-order valence-corrected chi connectivity index (χ3v) is 4.43. The molecule has 0 amide bonds. The van der Waals surface area contributed by atoms with Crippen LogP contribution >= 0.6 is 0 Å². The average molecular weight is 338 g/mol. The fraction of sp³-hybridized carbons (Fsp3) is 0.632. The van der Waals surface area contributed by atoms with E-state index in [1.54, 1.807) is 6.92 Å². The number of unbranched alkanes of at least 4 members (excludes halogenated alkanes) is 6. The van der Waals surface area contributed by atoms with Crippen molar-refractivity contribution in [3.63, 3.8) is 0 Å².